The summed E-state index contributed by atoms with van der Waals surface area (Å²) in [6, 6.07) is 5.75. The number of rotatable bonds is 7. The summed E-state index contributed by atoms with van der Waals surface area (Å²) in [5, 5.41) is 19.7. The summed E-state index contributed by atoms with van der Waals surface area (Å²) in [7, 11) is 3.21. The largest absolute Gasteiger partial charge is 0.481 e. The second kappa shape index (κ2) is 8.43. The molecule has 138 valence electrons. The SMILES string of the molecule is CN(C)C(=O)Cn1cc(C(=O)N[C@@H](CC(=O)O)c2ccc(Cl)cc2)nn1. The predicted molar refractivity (Wildman–Crippen MR) is 92.6 cm³/mol. The van der Waals surface area contributed by atoms with Gasteiger partial charge in [-0.25, -0.2) is 4.68 Å². The number of nitrogens with one attached hydrogen (secondary N) is 1. The summed E-state index contributed by atoms with van der Waals surface area (Å²) in [5.74, 6) is -1.85. The van der Waals surface area contributed by atoms with Crippen LogP contribution in [-0.4, -0.2) is 56.9 Å². The highest BCUT2D eigenvalue weighted by atomic mass is 35.5. The molecule has 26 heavy (non-hydrogen) atoms. The molecule has 0 spiro atoms. The van der Waals surface area contributed by atoms with Crippen molar-refractivity contribution in [3.05, 3.63) is 46.7 Å². The smallest absolute Gasteiger partial charge is 0.305 e. The van der Waals surface area contributed by atoms with E-state index >= 15 is 0 Å². The van der Waals surface area contributed by atoms with Crippen molar-refractivity contribution < 1.29 is 19.5 Å². The molecule has 1 aromatic heterocycles. The van der Waals surface area contributed by atoms with Crippen molar-refractivity contribution in [1.29, 1.82) is 0 Å². The molecule has 0 unspecified atom stereocenters. The first kappa shape index (κ1) is 19.4. The molecule has 0 aliphatic rings. The maximum absolute atomic E-state index is 12.4. The molecule has 9 nitrogen and oxygen atoms in total. The Hall–Kier alpha value is -2.94. The number of carboxylic acids is 1. The van der Waals surface area contributed by atoms with Gasteiger partial charge in [-0.05, 0) is 17.7 Å². The Morgan fingerprint density at radius 2 is 1.92 bits per heavy atom. The number of likely N-dealkylation sites (N-methyl/N-ethyl adjacent to an activating group) is 1. The minimum absolute atomic E-state index is 0.0130. The van der Waals surface area contributed by atoms with E-state index in [2.05, 4.69) is 15.6 Å². The van der Waals surface area contributed by atoms with Crippen LogP contribution in [0.3, 0.4) is 0 Å². The zero-order valence-electron chi connectivity index (χ0n) is 14.2. The zero-order chi connectivity index (χ0) is 19.3. The fourth-order valence-electron chi connectivity index (χ4n) is 2.11. The highest BCUT2D eigenvalue weighted by Gasteiger charge is 2.21. The van der Waals surface area contributed by atoms with Crippen molar-refractivity contribution in [2.75, 3.05) is 14.1 Å². The van der Waals surface area contributed by atoms with Crippen LogP contribution < -0.4 is 5.32 Å². The lowest BCUT2D eigenvalue weighted by Crippen LogP contribution is -2.30. The van der Waals surface area contributed by atoms with Crippen LogP contribution in [0.25, 0.3) is 0 Å². The molecule has 1 aromatic carbocycles. The summed E-state index contributed by atoms with van der Waals surface area (Å²) in [6.45, 7) is -0.0526. The van der Waals surface area contributed by atoms with Crippen molar-refractivity contribution in [2.24, 2.45) is 0 Å². The fraction of sp³-hybridized carbons (Fsp3) is 0.312. The first-order valence-electron chi connectivity index (χ1n) is 7.64. The van der Waals surface area contributed by atoms with E-state index in [1.807, 2.05) is 0 Å². The van der Waals surface area contributed by atoms with Gasteiger partial charge in [0, 0.05) is 19.1 Å². The number of carboxylic acid groups (broad SMARTS) is 1. The van der Waals surface area contributed by atoms with Crippen molar-refractivity contribution in [2.45, 2.75) is 19.0 Å². The van der Waals surface area contributed by atoms with Gasteiger partial charge in [0.25, 0.3) is 5.91 Å². The van der Waals surface area contributed by atoms with Gasteiger partial charge in [-0.2, -0.15) is 0 Å². The van der Waals surface area contributed by atoms with E-state index in [0.29, 0.717) is 10.6 Å². The molecule has 0 aliphatic heterocycles. The van der Waals surface area contributed by atoms with Gasteiger partial charge < -0.3 is 15.3 Å². The number of carbonyl (C=O) groups excluding carboxylic acids is 2. The van der Waals surface area contributed by atoms with Crippen LogP contribution in [-0.2, 0) is 16.1 Å². The van der Waals surface area contributed by atoms with Crippen LogP contribution in [0.4, 0.5) is 0 Å². The van der Waals surface area contributed by atoms with E-state index < -0.39 is 17.9 Å². The van der Waals surface area contributed by atoms with Gasteiger partial charge in [0.15, 0.2) is 5.69 Å². The lowest BCUT2D eigenvalue weighted by atomic mass is 10.0. The Kier molecular flexibility index (Phi) is 6.29. The molecular weight excluding hydrogens is 362 g/mol. The van der Waals surface area contributed by atoms with Crippen LogP contribution >= 0.6 is 11.6 Å². The quantitative estimate of drug-likeness (QED) is 0.740. The van der Waals surface area contributed by atoms with Crippen LogP contribution in [0.5, 0.6) is 0 Å². The first-order valence-corrected chi connectivity index (χ1v) is 8.02. The Bertz CT molecular complexity index is 803. The van der Waals surface area contributed by atoms with Crippen molar-refractivity contribution >= 4 is 29.4 Å². The topological polar surface area (TPSA) is 117 Å². The van der Waals surface area contributed by atoms with Crippen LogP contribution in [0.1, 0.15) is 28.5 Å². The second-order valence-corrected chi connectivity index (χ2v) is 6.20. The molecule has 10 heteroatoms. The highest BCUT2D eigenvalue weighted by Crippen LogP contribution is 2.20. The standard InChI is InChI=1S/C16H18ClN5O4/c1-21(2)14(23)9-22-8-13(19-20-22)16(26)18-12(7-15(24)25)10-3-5-11(17)6-4-10/h3-6,8,12H,7,9H2,1-2H3,(H,18,26)(H,24,25)/t12-/m0/s1. The van der Waals surface area contributed by atoms with E-state index in [-0.39, 0.29) is 24.6 Å². The van der Waals surface area contributed by atoms with Crippen molar-refractivity contribution in [3.8, 4) is 0 Å². The molecule has 2 amide bonds. The van der Waals surface area contributed by atoms with Gasteiger partial charge in [0.1, 0.15) is 6.54 Å². The van der Waals surface area contributed by atoms with E-state index in [1.54, 1.807) is 38.4 Å². The monoisotopic (exact) mass is 379 g/mol. The van der Waals surface area contributed by atoms with Crippen molar-refractivity contribution in [3.63, 3.8) is 0 Å². The number of benzene rings is 1. The summed E-state index contributed by atoms with van der Waals surface area (Å²) < 4.78 is 1.24. The number of amides is 2. The van der Waals surface area contributed by atoms with E-state index in [0.717, 1.165) is 0 Å². The second-order valence-electron chi connectivity index (χ2n) is 5.76. The Balaban J connectivity index is 2.11. The van der Waals surface area contributed by atoms with E-state index in [4.69, 9.17) is 16.7 Å². The summed E-state index contributed by atoms with van der Waals surface area (Å²) in [6.07, 6.45) is 1.02. The van der Waals surface area contributed by atoms with Gasteiger partial charge in [-0.1, -0.05) is 28.9 Å². The molecule has 1 atom stereocenters. The average molecular weight is 380 g/mol. The van der Waals surface area contributed by atoms with Gasteiger partial charge in [-0.3, -0.25) is 14.4 Å². The molecule has 0 radical (unpaired) electrons. The molecule has 0 aliphatic carbocycles. The van der Waals surface area contributed by atoms with Gasteiger partial charge >= 0.3 is 5.97 Å². The Morgan fingerprint density at radius 3 is 2.50 bits per heavy atom. The number of halogens is 1. The maximum Gasteiger partial charge on any atom is 0.305 e. The zero-order valence-corrected chi connectivity index (χ0v) is 15.0. The molecule has 1 heterocycles. The van der Waals surface area contributed by atoms with Gasteiger partial charge in [0.05, 0.1) is 18.7 Å². The average Bonchev–Trinajstić information content (AvgIpc) is 3.03. The lowest BCUT2D eigenvalue weighted by Gasteiger charge is -2.16. The molecule has 0 saturated carbocycles. The maximum atomic E-state index is 12.4. The first-order chi connectivity index (χ1) is 12.3. The third-order valence-corrected chi connectivity index (χ3v) is 3.78. The van der Waals surface area contributed by atoms with Crippen LogP contribution in [0.15, 0.2) is 30.5 Å². The van der Waals surface area contributed by atoms with Gasteiger partial charge in [0.2, 0.25) is 5.91 Å². The molecular formula is C16H18ClN5O4. The molecule has 2 aromatic rings. The van der Waals surface area contributed by atoms with Crippen LogP contribution in [0.2, 0.25) is 5.02 Å². The number of aromatic nitrogens is 3. The molecule has 2 rings (SSSR count). The molecule has 0 bridgehead atoms. The number of hydrogen-bond donors (Lipinski definition) is 2. The molecule has 0 saturated heterocycles. The predicted octanol–water partition coefficient (Wildman–Crippen LogP) is 0.966. The fourth-order valence-corrected chi connectivity index (χ4v) is 2.24. The molecule has 2 N–H and O–H groups in total. The number of carbonyl (C=O) groups is 3. The minimum Gasteiger partial charge on any atom is -0.481 e. The lowest BCUT2D eigenvalue weighted by molar-refractivity contribution is -0.137. The highest BCUT2D eigenvalue weighted by molar-refractivity contribution is 6.30. The normalized spacial score (nSPS) is 11.7. The number of aliphatic carboxylic acids is 1. The van der Waals surface area contributed by atoms with Gasteiger partial charge in [-0.15, -0.1) is 5.10 Å². The number of hydrogen-bond acceptors (Lipinski definition) is 5. The van der Waals surface area contributed by atoms with E-state index in [1.165, 1.54) is 15.8 Å². The summed E-state index contributed by atoms with van der Waals surface area (Å²) in [5.41, 5.74) is 0.584. The third-order valence-electron chi connectivity index (χ3n) is 3.52. The third kappa shape index (κ3) is 5.28. The van der Waals surface area contributed by atoms with Crippen molar-refractivity contribution in [1.82, 2.24) is 25.2 Å². The van der Waals surface area contributed by atoms with Crippen LogP contribution in [0, 0.1) is 0 Å². The summed E-state index contributed by atoms with van der Waals surface area (Å²) >= 11 is 5.83. The van der Waals surface area contributed by atoms with E-state index in [9.17, 15) is 14.4 Å². The Morgan fingerprint density at radius 1 is 1.27 bits per heavy atom. The minimum atomic E-state index is -1.06. The molecule has 0 fully saturated rings. The summed E-state index contributed by atoms with van der Waals surface area (Å²) in [4.78, 5) is 36.5. The number of nitrogens with zero attached hydrogens (tertiary/aromatic N) is 4. The Labute approximate surface area is 154 Å².